The molecule has 0 saturated carbocycles. The molecule has 3 heteroatoms. The van der Waals surface area contributed by atoms with Gasteiger partial charge in [-0.2, -0.15) is 0 Å². The summed E-state index contributed by atoms with van der Waals surface area (Å²) in [5, 5.41) is 5.97. The van der Waals surface area contributed by atoms with Gasteiger partial charge in [0.2, 0.25) is 0 Å². The van der Waals surface area contributed by atoms with Crippen molar-refractivity contribution in [3.63, 3.8) is 0 Å². The Morgan fingerprint density at radius 3 is 2.24 bits per heavy atom. The van der Waals surface area contributed by atoms with Crippen LogP contribution in [0.3, 0.4) is 0 Å². The largest absolute Gasteiger partial charge is 0.345 e. The van der Waals surface area contributed by atoms with Crippen LogP contribution in [0.1, 0.15) is 57.6 Å². The van der Waals surface area contributed by atoms with Crippen LogP contribution in [0, 0.1) is 13.8 Å². The smallest absolute Gasteiger partial charge is 0.0668 e. The maximum atomic E-state index is 6.99. The van der Waals surface area contributed by atoms with Crippen molar-refractivity contribution in [2.45, 2.75) is 60.3 Å². The first kappa shape index (κ1) is 29.6. The zero-order chi connectivity index (χ0) is 29.6. The number of aryl methyl sites for hydroxylation is 2. The molecular weight excluding hydrogens is 532 g/mol. The third-order valence-corrected chi connectivity index (χ3v) is 8.79. The fourth-order valence-corrected chi connectivity index (χ4v) is 6.24. The number of allylic oxidation sites excluding steroid dienone is 8. The van der Waals surface area contributed by atoms with Crippen LogP contribution in [0.15, 0.2) is 124 Å². The van der Waals surface area contributed by atoms with E-state index in [-0.39, 0.29) is 0 Å². The van der Waals surface area contributed by atoms with Gasteiger partial charge in [0, 0.05) is 28.7 Å². The van der Waals surface area contributed by atoms with Gasteiger partial charge in [-0.25, -0.2) is 0 Å². The van der Waals surface area contributed by atoms with Crippen LogP contribution in [0.4, 0.5) is 11.4 Å². The lowest BCUT2D eigenvalue weighted by Gasteiger charge is -2.27. The Labute approximate surface area is 256 Å². The van der Waals surface area contributed by atoms with Gasteiger partial charge in [0.15, 0.2) is 0 Å². The maximum Gasteiger partial charge on any atom is 0.0668 e. The topological polar surface area (TPSA) is 15.6 Å². The minimum absolute atomic E-state index is 0.875. The first-order valence-electron chi connectivity index (χ1n) is 15.1. The van der Waals surface area contributed by atoms with Crippen molar-refractivity contribution in [2.24, 2.45) is 4.99 Å². The van der Waals surface area contributed by atoms with E-state index in [0.717, 1.165) is 48.7 Å². The van der Waals surface area contributed by atoms with Crippen molar-refractivity contribution in [1.82, 2.24) is 0 Å². The monoisotopic (exact) mass is 572 g/mol. The lowest BCUT2D eigenvalue weighted by molar-refractivity contribution is 0.791. The van der Waals surface area contributed by atoms with Crippen LogP contribution < -0.4 is 4.90 Å². The quantitative estimate of drug-likeness (QED) is 0.192. The SMILES string of the molecule is CCCN(/C(C)=C/C=C1\CCCC(/C=C/C(C)=N/c2ccc3ccccc3c2C)=C1Cl)c1ccc2ccccc2c1C. The van der Waals surface area contributed by atoms with Crippen molar-refractivity contribution in [2.75, 3.05) is 11.4 Å². The molecule has 0 N–H and O–H groups in total. The number of benzene rings is 4. The minimum atomic E-state index is 0.875. The van der Waals surface area contributed by atoms with Gasteiger partial charge in [0.25, 0.3) is 0 Å². The Hall–Kier alpha value is -3.88. The molecule has 1 aliphatic carbocycles. The van der Waals surface area contributed by atoms with Gasteiger partial charge < -0.3 is 4.90 Å². The minimum Gasteiger partial charge on any atom is -0.345 e. The highest BCUT2D eigenvalue weighted by atomic mass is 35.5. The van der Waals surface area contributed by atoms with Crippen LogP contribution in [0.25, 0.3) is 21.5 Å². The zero-order valence-corrected chi connectivity index (χ0v) is 26.3. The Balaban J connectivity index is 1.38. The molecule has 0 aliphatic heterocycles. The molecule has 0 saturated heterocycles. The number of aliphatic imine (C=N–C) groups is 1. The van der Waals surface area contributed by atoms with E-state index in [4.69, 9.17) is 16.6 Å². The van der Waals surface area contributed by atoms with Gasteiger partial charge in [-0.05, 0) is 121 Å². The van der Waals surface area contributed by atoms with Crippen LogP contribution in [-0.2, 0) is 0 Å². The molecule has 0 radical (unpaired) electrons. The molecule has 0 spiro atoms. The number of hydrogen-bond acceptors (Lipinski definition) is 2. The standard InChI is InChI=1S/C39H41ClN2/c1-6-26-42(38-25-23-32-13-8-10-17-36(32)30(38)5)28(3)19-21-34-15-11-14-33(39(34)40)20-18-27(2)41-37-24-22-31-12-7-9-16-35(31)29(37)4/h7-10,12-13,16-25H,6,11,14-15,26H2,1-5H3/b20-18+,28-19+,34-21+,41-27+. The molecule has 0 atom stereocenters. The van der Waals surface area contributed by atoms with E-state index in [1.54, 1.807) is 0 Å². The van der Waals surface area contributed by atoms with E-state index < -0.39 is 0 Å². The van der Waals surface area contributed by atoms with E-state index in [2.05, 4.69) is 137 Å². The molecule has 0 fully saturated rings. The molecule has 2 nitrogen and oxygen atoms in total. The first-order valence-corrected chi connectivity index (χ1v) is 15.5. The summed E-state index contributed by atoms with van der Waals surface area (Å²) < 4.78 is 0. The summed E-state index contributed by atoms with van der Waals surface area (Å²) in [6, 6.07) is 25.9. The van der Waals surface area contributed by atoms with Crippen LogP contribution in [0.2, 0.25) is 0 Å². The molecule has 214 valence electrons. The van der Waals surface area contributed by atoms with Crippen LogP contribution >= 0.6 is 11.6 Å². The lowest BCUT2D eigenvalue weighted by atomic mass is 9.94. The van der Waals surface area contributed by atoms with Crippen molar-refractivity contribution >= 4 is 50.2 Å². The number of nitrogens with zero attached hydrogens (tertiary/aromatic N) is 2. The summed E-state index contributed by atoms with van der Waals surface area (Å²) in [6.45, 7) is 11.9. The molecule has 5 rings (SSSR count). The molecule has 4 aromatic rings. The van der Waals surface area contributed by atoms with Crippen LogP contribution in [0.5, 0.6) is 0 Å². The van der Waals surface area contributed by atoms with Crippen molar-refractivity contribution in [1.29, 1.82) is 0 Å². The fourth-order valence-electron chi connectivity index (χ4n) is 5.92. The summed E-state index contributed by atoms with van der Waals surface area (Å²) in [5.74, 6) is 0. The average Bonchev–Trinajstić information content (AvgIpc) is 3.01. The molecule has 42 heavy (non-hydrogen) atoms. The average molecular weight is 573 g/mol. The highest BCUT2D eigenvalue weighted by Crippen LogP contribution is 2.35. The van der Waals surface area contributed by atoms with E-state index in [0.29, 0.717) is 0 Å². The summed E-state index contributed by atoms with van der Waals surface area (Å²) >= 11 is 6.99. The van der Waals surface area contributed by atoms with Gasteiger partial charge in [-0.1, -0.05) is 91.3 Å². The number of anilines is 1. The zero-order valence-electron chi connectivity index (χ0n) is 25.5. The molecule has 0 amide bonds. The van der Waals surface area contributed by atoms with Gasteiger partial charge in [-0.3, -0.25) is 4.99 Å². The number of fused-ring (bicyclic) bond motifs is 2. The number of rotatable bonds is 8. The number of hydrogen-bond donors (Lipinski definition) is 0. The summed E-state index contributed by atoms with van der Waals surface area (Å²) in [4.78, 5) is 7.36. The van der Waals surface area contributed by atoms with Gasteiger partial charge in [0.05, 0.1) is 5.69 Å². The molecule has 0 unspecified atom stereocenters. The second-order valence-corrected chi connectivity index (χ2v) is 11.7. The fraction of sp³-hybridized carbons (Fsp3) is 0.256. The van der Waals surface area contributed by atoms with E-state index in [1.807, 2.05) is 0 Å². The van der Waals surface area contributed by atoms with Crippen molar-refractivity contribution in [3.05, 3.63) is 130 Å². The highest BCUT2D eigenvalue weighted by molar-refractivity contribution is 6.32. The first-order chi connectivity index (χ1) is 20.4. The summed E-state index contributed by atoms with van der Waals surface area (Å²) in [5.41, 5.74) is 9.39. The van der Waals surface area contributed by atoms with Gasteiger partial charge >= 0.3 is 0 Å². The molecular formula is C39H41ClN2. The molecule has 0 bridgehead atoms. The third kappa shape index (κ3) is 6.45. The van der Waals surface area contributed by atoms with E-state index >= 15 is 0 Å². The predicted molar refractivity (Wildman–Crippen MR) is 185 cm³/mol. The van der Waals surface area contributed by atoms with E-state index in [9.17, 15) is 0 Å². The molecule has 1 aliphatic rings. The summed E-state index contributed by atoms with van der Waals surface area (Å²) in [6.07, 6.45) is 12.9. The highest BCUT2D eigenvalue weighted by Gasteiger charge is 2.15. The second-order valence-electron chi connectivity index (χ2n) is 11.3. The van der Waals surface area contributed by atoms with Crippen molar-refractivity contribution in [3.8, 4) is 0 Å². The van der Waals surface area contributed by atoms with Gasteiger partial charge in [0.1, 0.15) is 0 Å². The molecule has 0 heterocycles. The normalized spacial score (nSPS) is 15.9. The third-order valence-electron chi connectivity index (χ3n) is 8.31. The predicted octanol–water partition coefficient (Wildman–Crippen LogP) is 11.7. The molecule has 0 aromatic heterocycles. The Morgan fingerprint density at radius 1 is 0.857 bits per heavy atom. The second kappa shape index (κ2) is 13.4. The Bertz CT molecular complexity index is 1770. The molecule has 4 aromatic carbocycles. The lowest BCUT2D eigenvalue weighted by Crippen LogP contribution is -2.22. The number of halogens is 1. The Kier molecular flexibility index (Phi) is 9.45. The van der Waals surface area contributed by atoms with Crippen molar-refractivity contribution < 1.29 is 0 Å². The maximum absolute atomic E-state index is 6.99. The Morgan fingerprint density at radius 2 is 1.52 bits per heavy atom. The van der Waals surface area contributed by atoms with Gasteiger partial charge in [-0.15, -0.1) is 0 Å². The summed E-state index contributed by atoms with van der Waals surface area (Å²) in [7, 11) is 0. The van der Waals surface area contributed by atoms with Crippen LogP contribution in [-0.4, -0.2) is 12.3 Å². The van der Waals surface area contributed by atoms with E-state index in [1.165, 1.54) is 55.2 Å².